The topological polar surface area (TPSA) is 69.6 Å². The molecule has 0 saturated heterocycles. The molecule has 0 bridgehead atoms. The van der Waals surface area contributed by atoms with Crippen LogP contribution in [-0.2, 0) is 10.2 Å². The smallest absolute Gasteiger partial charge is 0.234 e. The second kappa shape index (κ2) is 4.38. The summed E-state index contributed by atoms with van der Waals surface area (Å²) in [6.07, 6.45) is 1.60. The Morgan fingerprint density at radius 2 is 2.16 bits per heavy atom. The van der Waals surface area contributed by atoms with E-state index in [1.807, 2.05) is 6.92 Å². The van der Waals surface area contributed by atoms with E-state index in [1.54, 1.807) is 26.0 Å². The van der Waals surface area contributed by atoms with Crippen LogP contribution >= 0.6 is 0 Å². The van der Waals surface area contributed by atoms with Gasteiger partial charge in [-0.2, -0.15) is 0 Å². The molecule has 1 amide bonds. The fraction of sp³-hybridized carbons (Fsp3) is 0.400. The van der Waals surface area contributed by atoms with Gasteiger partial charge >= 0.3 is 0 Å². The molecule has 19 heavy (non-hydrogen) atoms. The van der Waals surface area contributed by atoms with Crippen molar-refractivity contribution in [1.29, 1.82) is 0 Å². The molecule has 0 fully saturated rings. The molecule has 102 valence electrons. The van der Waals surface area contributed by atoms with Gasteiger partial charge in [0.05, 0.1) is 17.7 Å². The number of amides is 1. The molecule has 1 aromatic rings. The van der Waals surface area contributed by atoms with Crippen LogP contribution in [0.5, 0.6) is 5.75 Å². The van der Waals surface area contributed by atoms with Crippen molar-refractivity contribution in [2.75, 3.05) is 11.9 Å². The Hall–Kier alpha value is -1.81. The molecule has 0 aliphatic carbocycles. The Morgan fingerprint density at radius 1 is 1.53 bits per heavy atom. The number of aliphatic hydroxyl groups excluding tert-OH is 1. The number of hydrogen-bond donors (Lipinski definition) is 3. The van der Waals surface area contributed by atoms with E-state index in [1.165, 1.54) is 0 Å². The summed E-state index contributed by atoms with van der Waals surface area (Å²) in [6.45, 7) is 8.97. The van der Waals surface area contributed by atoms with Crippen LogP contribution in [0.4, 0.5) is 5.69 Å². The van der Waals surface area contributed by atoms with E-state index in [0.29, 0.717) is 16.8 Å². The number of phenols is 1. The lowest BCUT2D eigenvalue weighted by Crippen LogP contribution is -2.27. The van der Waals surface area contributed by atoms with E-state index in [2.05, 4.69) is 11.9 Å². The SMILES string of the molecule is C=CC(CO)c1cc(C)c2c(c1O)C(C)(C)C(=O)N2. The largest absolute Gasteiger partial charge is 0.507 e. The summed E-state index contributed by atoms with van der Waals surface area (Å²) >= 11 is 0. The van der Waals surface area contributed by atoms with Gasteiger partial charge in [-0.05, 0) is 32.4 Å². The van der Waals surface area contributed by atoms with Crippen molar-refractivity contribution in [2.24, 2.45) is 0 Å². The first-order valence-electron chi connectivity index (χ1n) is 6.26. The van der Waals surface area contributed by atoms with E-state index < -0.39 is 5.41 Å². The Labute approximate surface area is 112 Å². The van der Waals surface area contributed by atoms with Crippen LogP contribution in [0.3, 0.4) is 0 Å². The summed E-state index contributed by atoms with van der Waals surface area (Å²) in [7, 11) is 0. The summed E-state index contributed by atoms with van der Waals surface area (Å²) in [4.78, 5) is 12.0. The lowest BCUT2D eigenvalue weighted by molar-refractivity contribution is -0.119. The average molecular weight is 261 g/mol. The van der Waals surface area contributed by atoms with Gasteiger partial charge in [-0.25, -0.2) is 0 Å². The van der Waals surface area contributed by atoms with E-state index in [4.69, 9.17) is 0 Å². The van der Waals surface area contributed by atoms with E-state index in [-0.39, 0.29) is 24.2 Å². The molecule has 0 spiro atoms. The highest BCUT2D eigenvalue weighted by Crippen LogP contribution is 2.47. The second-order valence-corrected chi connectivity index (χ2v) is 5.49. The van der Waals surface area contributed by atoms with Crippen LogP contribution in [-0.4, -0.2) is 22.7 Å². The number of rotatable bonds is 3. The summed E-state index contributed by atoms with van der Waals surface area (Å²) in [5.74, 6) is -0.393. The first-order chi connectivity index (χ1) is 8.84. The minimum Gasteiger partial charge on any atom is -0.507 e. The molecule has 1 aromatic carbocycles. The van der Waals surface area contributed by atoms with E-state index >= 15 is 0 Å². The molecule has 1 heterocycles. The predicted octanol–water partition coefficient (Wildman–Crippen LogP) is 2.19. The number of aryl methyl sites for hydroxylation is 1. The summed E-state index contributed by atoms with van der Waals surface area (Å²) in [5, 5.41) is 22.6. The first-order valence-corrected chi connectivity index (χ1v) is 6.26. The third-order valence-electron chi connectivity index (χ3n) is 3.84. The van der Waals surface area contributed by atoms with Crippen LogP contribution in [0.15, 0.2) is 18.7 Å². The van der Waals surface area contributed by atoms with Gasteiger partial charge in [0.25, 0.3) is 0 Å². The minimum absolute atomic E-state index is 0.0721. The van der Waals surface area contributed by atoms with Gasteiger partial charge in [0.15, 0.2) is 0 Å². The maximum absolute atomic E-state index is 12.0. The third kappa shape index (κ3) is 1.83. The number of fused-ring (bicyclic) bond motifs is 1. The van der Waals surface area contributed by atoms with Gasteiger partial charge in [0.1, 0.15) is 5.75 Å². The van der Waals surface area contributed by atoms with Gasteiger partial charge in [0, 0.05) is 17.0 Å². The number of hydrogen-bond acceptors (Lipinski definition) is 3. The molecule has 2 rings (SSSR count). The fourth-order valence-electron chi connectivity index (χ4n) is 2.57. The van der Waals surface area contributed by atoms with Crippen LogP contribution in [0.25, 0.3) is 0 Å². The molecular weight excluding hydrogens is 242 g/mol. The number of aliphatic hydroxyl groups is 1. The number of benzene rings is 1. The molecule has 1 aliphatic rings. The zero-order valence-electron chi connectivity index (χ0n) is 11.4. The van der Waals surface area contributed by atoms with Crippen molar-refractivity contribution in [3.05, 3.63) is 35.4 Å². The van der Waals surface area contributed by atoms with Crippen molar-refractivity contribution in [3.8, 4) is 5.75 Å². The zero-order chi connectivity index (χ0) is 14.4. The van der Waals surface area contributed by atoms with Gasteiger partial charge < -0.3 is 15.5 Å². The molecule has 0 aromatic heterocycles. The van der Waals surface area contributed by atoms with Crippen molar-refractivity contribution < 1.29 is 15.0 Å². The number of carbonyl (C=O) groups excluding carboxylic acids is 1. The van der Waals surface area contributed by atoms with Gasteiger partial charge in [-0.15, -0.1) is 6.58 Å². The highest BCUT2D eigenvalue weighted by atomic mass is 16.3. The highest BCUT2D eigenvalue weighted by Gasteiger charge is 2.42. The quantitative estimate of drug-likeness (QED) is 0.730. The zero-order valence-corrected chi connectivity index (χ0v) is 11.4. The fourth-order valence-corrected chi connectivity index (χ4v) is 2.57. The highest BCUT2D eigenvalue weighted by molar-refractivity contribution is 6.07. The lowest BCUT2D eigenvalue weighted by Gasteiger charge is -2.21. The molecular formula is C15H19NO3. The van der Waals surface area contributed by atoms with Crippen LogP contribution in [0.2, 0.25) is 0 Å². The summed E-state index contributed by atoms with van der Waals surface area (Å²) in [5.41, 5.74) is 1.99. The Bertz CT molecular complexity index is 561. The maximum atomic E-state index is 12.0. The van der Waals surface area contributed by atoms with E-state index in [9.17, 15) is 15.0 Å². The average Bonchev–Trinajstić information content (AvgIpc) is 2.59. The lowest BCUT2D eigenvalue weighted by atomic mass is 9.82. The van der Waals surface area contributed by atoms with Gasteiger partial charge in [0.2, 0.25) is 5.91 Å². The Morgan fingerprint density at radius 3 is 2.68 bits per heavy atom. The van der Waals surface area contributed by atoms with Crippen molar-refractivity contribution >= 4 is 11.6 Å². The molecule has 0 saturated carbocycles. The normalized spacial score (nSPS) is 17.8. The number of aromatic hydroxyl groups is 1. The molecule has 1 aliphatic heterocycles. The number of anilines is 1. The molecule has 1 atom stereocenters. The Balaban J connectivity index is 2.72. The third-order valence-corrected chi connectivity index (χ3v) is 3.84. The van der Waals surface area contributed by atoms with Gasteiger partial charge in [-0.1, -0.05) is 6.08 Å². The first kappa shape index (κ1) is 13.6. The molecule has 4 heteroatoms. The molecule has 1 unspecified atom stereocenters. The summed E-state index contributed by atoms with van der Waals surface area (Å²) in [6, 6.07) is 1.79. The number of phenolic OH excluding ortho intramolecular Hbond substituents is 1. The maximum Gasteiger partial charge on any atom is 0.234 e. The molecule has 0 radical (unpaired) electrons. The van der Waals surface area contributed by atoms with Crippen LogP contribution in [0.1, 0.15) is 36.5 Å². The van der Waals surface area contributed by atoms with Gasteiger partial charge in [-0.3, -0.25) is 4.79 Å². The van der Waals surface area contributed by atoms with Crippen molar-refractivity contribution in [3.63, 3.8) is 0 Å². The Kier molecular flexibility index (Phi) is 3.14. The predicted molar refractivity (Wildman–Crippen MR) is 74.5 cm³/mol. The van der Waals surface area contributed by atoms with Crippen LogP contribution < -0.4 is 5.32 Å². The summed E-state index contributed by atoms with van der Waals surface area (Å²) < 4.78 is 0. The molecule has 3 N–H and O–H groups in total. The monoisotopic (exact) mass is 261 g/mol. The van der Waals surface area contributed by atoms with Crippen LogP contribution in [0, 0.1) is 6.92 Å². The van der Waals surface area contributed by atoms with Crippen molar-refractivity contribution in [2.45, 2.75) is 32.1 Å². The number of nitrogens with one attached hydrogen (secondary N) is 1. The minimum atomic E-state index is -0.776. The second-order valence-electron chi connectivity index (χ2n) is 5.49. The van der Waals surface area contributed by atoms with Crippen molar-refractivity contribution in [1.82, 2.24) is 0 Å². The standard InChI is InChI=1S/C15H19NO3/c1-5-9(7-17)10-6-8(2)12-11(13(10)18)15(3,4)14(19)16-12/h5-6,9,17-18H,1,7H2,2-4H3,(H,16,19). The number of carbonyl (C=O) groups is 1. The van der Waals surface area contributed by atoms with E-state index in [0.717, 1.165) is 5.56 Å². The molecule has 4 nitrogen and oxygen atoms in total.